The minimum absolute atomic E-state index is 0.254. The van der Waals surface area contributed by atoms with E-state index in [4.69, 9.17) is 0 Å². The first-order chi connectivity index (χ1) is 9.00. The van der Waals surface area contributed by atoms with Gasteiger partial charge in [-0.1, -0.05) is 6.07 Å². The second-order valence-corrected chi connectivity index (χ2v) is 4.67. The zero-order valence-corrected chi connectivity index (χ0v) is 11.3. The number of nitrogens with one attached hydrogen (secondary N) is 1. The van der Waals surface area contributed by atoms with Crippen LogP contribution in [0.2, 0.25) is 0 Å². The Morgan fingerprint density at radius 1 is 1.42 bits per heavy atom. The van der Waals surface area contributed by atoms with E-state index in [2.05, 4.69) is 10.4 Å². The maximum atomic E-state index is 13.9. The summed E-state index contributed by atoms with van der Waals surface area (Å²) in [6.45, 7) is 1.42. The summed E-state index contributed by atoms with van der Waals surface area (Å²) in [7, 11) is 5.47. The Hall–Kier alpha value is -1.95. The Bertz CT molecular complexity index is 651. The predicted octanol–water partition coefficient (Wildman–Crippen LogP) is 1.05. The molecular formula is C13H17FN4O. The summed E-state index contributed by atoms with van der Waals surface area (Å²) in [4.78, 5) is 13.9. The van der Waals surface area contributed by atoms with Crippen molar-refractivity contribution in [2.24, 2.45) is 7.05 Å². The van der Waals surface area contributed by atoms with Crippen LogP contribution in [0.1, 0.15) is 0 Å². The standard InChI is InChI=1S/C13H17FN4O/c1-17(2)8-7-15-12-11-9(5-4-6-10(11)14)13(19)18(3)16-12/h4-6H,7-8H2,1-3H3,(H,15,16). The Morgan fingerprint density at radius 2 is 2.16 bits per heavy atom. The van der Waals surface area contributed by atoms with Gasteiger partial charge in [-0.05, 0) is 26.2 Å². The molecule has 102 valence electrons. The van der Waals surface area contributed by atoms with E-state index in [1.807, 2.05) is 19.0 Å². The predicted molar refractivity (Wildman–Crippen MR) is 74.0 cm³/mol. The quantitative estimate of drug-likeness (QED) is 0.896. The minimum Gasteiger partial charge on any atom is -0.367 e. The van der Waals surface area contributed by atoms with Gasteiger partial charge in [0, 0.05) is 20.1 Å². The third kappa shape index (κ3) is 2.73. The van der Waals surface area contributed by atoms with Crippen molar-refractivity contribution in [3.05, 3.63) is 34.4 Å². The molecule has 0 saturated heterocycles. The van der Waals surface area contributed by atoms with E-state index in [1.54, 1.807) is 13.1 Å². The van der Waals surface area contributed by atoms with E-state index in [9.17, 15) is 9.18 Å². The van der Waals surface area contributed by atoms with E-state index in [1.165, 1.54) is 16.8 Å². The lowest BCUT2D eigenvalue weighted by Gasteiger charge is -2.13. The highest BCUT2D eigenvalue weighted by Gasteiger charge is 2.12. The summed E-state index contributed by atoms with van der Waals surface area (Å²) >= 11 is 0. The first kappa shape index (κ1) is 13.5. The van der Waals surface area contributed by atoms with E-state index in [0.29, 0.717) is 17.7 Å². The second-order valence-electron chi connectivity index (χ2n) is 4.67. The van der Waals surface area contributed by atoms with Gasteiger partial charge in [-0.2, -0.15) is 5.10 Å². The molecule has 0 aliphatic rings. The SMILES string of the molecule is CN(C)CCNc1nn(C)c(=O)c2cccc(F)c12. The van der Waals surface area contributed by atoms with E-state index in [-0.39, 0.29) is 10.9 Å². The smallest absolute Gasteiger partial charge is 0.274 e. The third-order valence-corrected chi connectivity index (χ3v) is 2.88. The van der Waals surface area contributed by atoms with Crippen molar-refractivity contribution < 1.29 is 4.39 Å². The number of rotatable bonds is 4. The Kier molecular flexibility index (Phi) is 3.80. The number of likely N-dealkylation sites (N-methyl/N-ethyl adjacent to an activating group) is 1. The van der Waals surface area contributed by atoms with Crippen LogP contribution >= 0.6 is 0 Å². The third-order valence-electron chi connectivity index (χ3n) is 2.88. The zero-order chi connectivity index (χ0) is 14.0. The molecule has 0 saturated carbocycles. The average molecular weight is 264 g/mol. The topological polar surface area (TPSA) is 50.2 Å². The van der Waals surface area contributed by atoms with Gasteiger partial charge in [0.25, 0.3) is 5.56 Å². The van der Waals surface area contributed by atoms with Crippen LogP contribution < -0.4 is 10.9 Å². The highest BCUT2D eigenvalue weighted by Crippen LogP contribution is 2.21. The van der Waals surface area contributed by atoms with Crippen molar-refractivity contribution in [2.45, 2.75) is 0 Å². The molecule has 0 radical (unpaired) electrons. The average Bonchev–Trinajstić information content (AvgIpc) is 2.34. The second kappa shape index (κ2) is 5.36. The first-order valence-electron chi connectivity index (χ1n) is 6.05. The molecule has 0 fully saturated rings. The van der Waals surface area contributed by atoms with Gasteiger partial charge in [-0.15, -0.1) is 0 Å². The van der Waals surface area contributed by atoms with Gasteiger partial charge in [0.15, 0.2) is 5.82 Å². The van der Waals surface area contributed by atoms with Crippen LogP contribution in [-0.2, 0) is 7.05 Å². The molecular weight excluding hydrogens is 247 g/mol. The van der Waals surface area contributed by atoms with Crippen LogP contribution in [0.3, 0.4) is 0 Å². The van der Waals surface area contributed by atoms with Crippen molar-refractivity contribution in [3.8, 4) is 0 Å². The van der Waals surface area contributed by atoms with Gasteiger partial charge < -0.3 is 10.2 Å². The molecule has 0 atom stereocenters. The summed E-state index contributed by atoms with van der Waals surface area (Å²) in [6.07, 6.45) is 0. The number of anilines is 1. The lowest BCUT2D eigenvalue weighted by atomic mass is 10.1. The van der Waals surface area contributed by atoms with Gasteiger partial charge in [0.05, 0.1) is 10.8 Å². The normalized spacial score (nSPS) is 11.2. The molecule has 19 heavy (non-hydrogen) atoms. The number of aryl methyl sites for hydroxylation is 1. The summed E-state index contributed by atoms with van der Waals surface area (Å²) in [5.41, 5.74) is -0.298. The molecule has 2 aromatic rings. The van der Waals surface area contributed by atoms with E-state index >= 15 is 0 Å². The van der Waals surface area contributed by atoms with Crippen molar-refractivity contribution >= 4 is 16.6 Å². The van der Waals surface area contributed by atoms with Crippen molar-refractivity contribution in [1.82, 2.24) is 14.7 Å². The molecule has 1 aromatic carbocycles. The minimum atomic E-state index is -0.435. The zero-order valence-electron chi connectivity index (χ0n) is 11.3. The van der Waals surface area contributed by atoms with Crippen molar-refractivity contribution in [1.29, 1.82) is 0 Å². The fourth-order valence-electron chi connectivity index (χ4n) is 1.88. The first-order valence-corrected chi connectivity index (χ1v) is 6.05. The summed E-state index contributed by atoms with van der Waals surface area (Å²) in [6, 6.07) is 4.47. The number of fused-ring (bicyclic) bond motifs is 1. The Balaban J connectivity index is 2.48. The molecule has 2 rings (SSSR count). The number of nitrogens with zero attached hydrogens (tertiary/aromatic N) is 3. The van der Waals surface area contributed by atoms with E-state index < -0.39 is 5.82 Å². The van der Waals surface area contributed by atoms with Crippen LogP contribution in [-0.4, -0.2) is 41.9 Å². The fraction of sp³-hybridized carbons (Fsp3) is 0.385. The molecule has 6 heteroatoms. The number of benzene rings is 1. The summed E-state index contributed by atoms with van der Waals surface area (Å²) in [5, 5.41) is 7.76. The number of halogens is 1. The molecule has 0 aliphatic carbocycles. The molecule has 1 aromatic heterocycles. The molecule has 0 aliphatic heterocycles. The monoisotopic (exact) mass is 264 g/mol. The van der Waals surface area contributed by atoms with Gasteiger partial charge in [-0.3, -0.25) is 4.79 Å². The lowest BCUT2D eigenvalue weighted by molar-refractivity contribution is 0.425. The van der Waals surface area contributed by atoms with Crippen LogP contribution in [0.5, 0.6) is 0 Å². The van der Waals surface area contributed by atoms with Gasteiger partial charge in [0.2, 0.25) is 0 Å². The van der Waals surface area contributed by atoms with Crippen LogP contribution in [0, 0.1) is 5.82 Å². The number of hydrogen-bond donors (Lipinski definition) is 1. The maximum Gasteiger partial charge on any atom is 0.274 e. The maximum absolute atomic E-state index is 13.9. The number of aromatic nitrogens is 2. The van der Waals surface area contributed by atoms with Crippen LogP contribution in [0.4, 0.5) is 10.2 Å². The molecule has 0 bridgehead atoms. The van der Waals surface area contributed by atoms with Gasteiger partial charge in [0.1, 0.15) is 5.82 Å². The Labute approximate surface area is 110 Å². The number of hydrogen-bond acceptors (Lipinski definition) is 4. The van der Waals surface area contributed by atoms with Crippen molar-refractivity contribution in [3.63, 3.8) is 0 Å². The molecule has 1 N–H and O–H groups in total. The highest BCUT2D eigenvalue weighted by molar-refractivity contribution is 5.91. The summed E-state index contributed by atoms with van der Waals surface area (Å²) in [5.74, 6) is -0.0351. The van der Waals surface area contributed by atoms with Crippen LogP contribution in [0.15, 0.2) is 23.0 Å². The van der Waals surface area contributed by atoms with Gasteiger partial charge in [-0.25, -0.2) is 9.07 Å². The molecule has 0 amide bonds. The van der Waals surface area contributed by atoms with Gasteiger partial charge >= 0.3 is 0 Å². The summed E-state index contributed by atoms with van der Waals surface area (Å²) < 4.78 is 15.1. The van der Waals surface area contributed by atoms with Crippen LogP contribution in [0.25, 0.3) is 10.8 Å². The largest absolute Gasteiger partial charge is 0.367 e. The Morgan fingerprint density at radius 3 is 2.84 bits per heavy atom. The lowest BCUT2D eigenvalue weighted by Crippen LogP contribution is -2.25. The molecule has 5 nitrogen and oxygen atoms in total. The van der Waals surface area contributed by atoms with E-state index in [0.717, 1.165) is 6.54 Å². The molecule has 1 heterocycles. The molecule has 0 unspecified atom stereocenters. The fourth-order valence-corrected chi connectivity index (χ4v) is 1.88. The van der Waals surface area contributed by atoms with Crippen molar-refractivity contribution in [2.75, 3.05) is 32.5 Å². The molecule has 0 spiro atoms. The highest BCUT2D eigenvalue weighted by atomic mass is 19.1.